The Hall–Kier alpha value is -2.83. The van der Waals surface area contributed by atoms with Crippen LogP contribution in [0.15, 0.2) is 30.3 Å². The Morgan fingerprint density at radius 2 is 1.08 bits per heavy atom. The molecule has 1 aromatic rings. The maximum absolute atomic E-state index is 14.5. The van der Waals surface area contributed by atoms with E-state index >= 15 is 0 Å². The molecule has 1 heterocycles. The molecule has 13 nitrogen and oxygen atoms in total. The van der Waals surface area contributed by atoms with Crippen molar-refractivity contribution < 1.29 is 56.5 Å². The van der Waals surface area contributed by atoms with Crippen molar-refractivity contribution in [2.75, 3.05) is 19.8 Å². The van der Waals surface area contributed by atoms with E-state index < -0.39 is 96.2 Å². The van der Waals surface area contributed by atoms with Crippen LogP contribution in [0.2, 0.25) is 0 Å². The molecule has 1 aliphatic heterocycles. The molecule has 0 aromatic heterocycles. The average molecular weight is 742 g/mol. The molecule has 2 rings (SSSR count). The summed E-state index contributed by atoms with van der Waals surface area (Å²) in [6.45, 7) is 22.8. The molecule has 0 bridgehead atoms. The SMILES string of the molecule is CCOP(=O)(OCC)C(N[C@@H]1O[C@H](COC(=O)C(C)(C)C)[C@H](OC(=O)C(C)(C)C)[C@H](OC(=O)C(C)(C)C)[C@H]1OC(=O)C(C)(C)C)c1ccccc1. The highest BCUT2D eigenvalue weighted by Crippen LogP contribution is 2.60. The topological polar surface area (TPSA) is 162 Å². The first-order valence-corrected chi connectivity index (χ1v) is 19.0. The van der Waals surface area contributed by atoms with E-state index in [1.54, 1.807) is 127 Å². The summed E-state index contributed by atoms with van der Waals surface area (Å²) in [4.78, 5) is 53.8. The van der Waals surface area contributed by atoms with Gasteiger partial charge in [0.15, 0.2) is 24.5 Å². The summed E-state index contributed by atoms with van der Waals surface area (Å²) in [5.74, 6) is -3.81. The lowest BCUT2D eigenvalue weighted by Gasteiger charge is -2.47. The molecule has 0 saturated carbocycles. The summed E-state index contributed by atoms with van der Waals surface area (Å²) in [5.41, 5.74) is -3.50. The summed E-state index contributed by atoms with van der Waals surface area (Å²) in [5, 5.41) is 3.20. The van der Waals surface area contributed by atoms with Crippen LogP contribution in [0.25, 0.3) is 0 Å². The van der Waals surface area contributed by atoms with E-state index in [0.29, 0.717) is 5.56 Å². The molecule has 290 valence electrons. The number of carbonyl (C=O) groups excluding carboxylic acids is 4. The Balaban J connectivity index is 2.91. The maximum atomic E-state index is 14.5. The van der Waals surface area contributed by atoms with Crippen molar-refractivity contribution in [3.05, 3.63) is 35.9 Å². The lowest BCUT2D eigenvalue weighted by Crippen LogP contribution is -2.66. The van der Waals surface area contributed by atoms with Crippen molar-refractivity contribution in [1.82, 2.24) is 5.32 Å². The van der Waals surface area contributed by atoms with Crippen LogP contribution in [0.4, 0.5) is 0 Å². The molecule has 51 heavy (non-hydrogen) atoms. The first-order valence-electron chi connectivity index (χ1n) is 17.4. The molecular formula is C37H60NO12P. The van der Waals surface area contributed by atoms with E-state index in [0.717, 1.165) is 0 Å². The van der Waals surface area contributed by atoms with Gasteiger partial charge in [0, 0.05) is 0 Å². The van der Waals surface area contributed by atoms with Crippen LogP contribution in [-0.2, 0) is 56.5 Å². The van der Waals surface area contributed by atoms with Gasteiger partial charge in [-0.25, -0.2) is 0 Å². The molecule has 1 saturated heterocycles. The van der Waals surface area contributed by atoms with E-state index in [9.17, 15) is 23.7 Å². The van der Waals surface area contributed by atoms with E-state index in [2.05, 4.69) is 5.32 Å². The molecule has 0 radical (unpaired) electrons. The van der Waals surface area contributed by atoms with Crippen molar-refractivity contribution in [3.63, 3.8) is 0 Å². The molecule has 6 atom stereocenters. The van der Waals surface area contributed by atoms with Gasteiger partial charge in [-0.15, -0.1) is 0 Å². The Labute approximate surface area is 303 Å². The normalized spacial score (nSPS) is 22.4. The van der Waals surface area contributed by atoms with Gasteiger partial charge in [-0.3, -0.25) is 29.1 Å². The minimum Gasteiger partial charge on any atom is -0.462 e. The van der Waals surface area contributed by atoms with Crippen LogP contribution in [0, 0.1) is 21.7 Å². The highest BCUT2D eigenvalue weighted by molar-refractivity contribution is 7.54. The molecule has 0 aliphatic carbocycles. The molecule has 1 aromatic carbocycles. The number of rotatable bonds is 13. The van der Waals surface area contributed by atoms with Gasteiger partial charge >= 0.3 is 31.5 Å². The van der Waals surface area contributed by atoms with Crippen LogP contribution >= 0.6 is 7.60 Å². The van der Waals surface area contributed by atoms with E-state index in [1.165, 1.54) is 0 Å². The number of hydrogen-bond donors (Lipinski definition) is 1. The lowest BCUT2D eigenvalue weighted by molar-refractivity contribution is -0.265. The standard InChI is InChI=1S/C37H60NO12P/c1-15-45-51(43,46-16-2)29(23-20-18-17-19-21-23)38-28-27(50-33(42)37(12,13)14)26(49-32(41)36(9,10)11)25(48-31(40)35(6,7)8)24(47-28)22-44-30(39)34(3,4)5/h17-21,24-29,38H,15-16,22H2,1-14H3/t24-,25+,26+,27-,28-,29?/m1/s1. The smallest absolute Gasteiger partial charge is 0.352 e. The van der Waals surface area contributed by atoms with E-state index in [-0.39, 0.29) is 13.2 Å². The molecular weight excluding hydrogens is 681 g/mol. The van der Waals surface area contributed by atoms with Crippen LogP contribution in [0.1, 0.15) is 108 Å². The van der Waals surface area contributed by atoms with Crippen LogP contribution in [0.3, 0.4) is 0 Å². The number of hydrogen-bond acceptors (Lipinski definition) is 13. The summed E-state index contributed by atoms with van der Waals surface area (Å²) in [6.07, 6.45) is -7.08. The zero-order valence-corrected chi connectivity index (χ0v) is 33.7. The Kier molecular flexibility index (Phi) is 15.1. The second-order valence-corrected chi connectivity index (χ2v) is 18.8. The lowest BCUT2D eigenvalue weighted by atomic mass is 9.92. The summed E-state index contributed by atoms with van der Waals surface area (Å²) >= 11 is 0. The Morgan fingerprint density at radius 3 is 1.49 bits per heavy atom. The number of carbonyl (C=O) groups is 4. The van der Waals surface area contributed by atoms with Crippen LogP contribution < -0.4 is 5.32 Å². The molecule has 14 heteroatoms. The molecule has 0 spiro atoms. The van der Waals surface area contributed by atoms with Crippen molar-refractivity contribution in [2.45, 2.75) is 133 Å². The summed E-state index contributed by atoms with van der Waals surface area (Å²) < 4.78 is 56.5. The van der Waals surface area contributed by atoms with E-state index in [4.69, 9.17) is 32.7 Å². The molecule has 1 fully saturated rings. The fraction of sp³-hybridized carbons (Fsp3) is 0.730. The first-order chi connectivity index (χ1) is 23.3. The third kappa shape index (κ3) is 12.4. The zero-order chi connectivity index (χ0) is 39.2. The summed E-state index contributed by atoms with van der Waals surface area (Å²) in [6, 6.07) is 8.71. The van der Waals surface area contributed by atoms with Gasteiger partial charge in [0.2, 0.25) is 0 Å². The van der Waals surface area contributed by atoms with Gasteiger partial charge in [-0.1, -0.05) is 30.3 Å². The predicted octanol–water partition coefficient (Wildman–Crippen LogP) is 6.73. The Bertz CT molecular complexity index is 1380. The van der Waals surface area contributed by atoms with Crippen molar-refractivity contribution in [3.8, 4) is 0 Å². The van der Waals surface area contributed by atoms with Crippen LogP contribution in [-0.4, -0.2) is 74.3 Å². The first kappa shape index (κ1) is 44.3. The predicted molar refractivity (Wildman–Crippen MR) is 190 cm³/mol. The third-order valence-corrected chi connectivity index (χ3v) is 9.88. The van der Waals surface area contributed by atoms with E-state index in [1.807, 2.05) is 0 Å². The molecule has 1 unspecified atom stereocenters. The molecule has 1 aliphatic rings. The average Bonchev–Trinajstić information content (AvgIpc) is 2.99. The second kappa shape index (κ2) is 17.3. The highest BCUT2D eigenvalue weighted by Gasteiger charge is 2.56. The Morgan fingerprint density at radius 1 is 0.667 bits per heavy atom. The fourth-order valence-electron chi connectivity index (χ4n) is 4.57. The second-order valence-electron chi connectivity index (χ2n) is 16.7. The van der Waals surface area contributed by atoms with Gasteiger partial charge in [0.05, 0.1) is 34.9 Å². The quantitative estimate of drug-likeness (QED) is 0.129. The summed E-state index contributed by atoms with van der Waals surface area (Å²) in [7, 11) is -4.03. The number of ether oxygens (including phenoxy) is 5. The molecule has 1 N–H and O–H groups in total. The van der Waals surface area contributed by atoms with Crippen LogP contribution in [0.5, 0.6) is 0 Å². The maximum Gasteiger partial charge on any atom is 0.352 e. The van der Waals surface area contributed by atoms with Gasteiger partial charge in [-0.05, 0) is 102 Å². The minimum absolute atomic E-state index is 0.0400. The number of nitrogens with one attached hydrogen (secondary N) is 1. The zero-order valence-electron chi connectivity index (χ0n) is 32.8. The fourth-order valence-corrected chi connectivity index (χ4v) is 6.53. The number of benzene rings is 1. The third-order valence-electron chi connectivity index (χ3n) is 7.56. The van der Waals surface area contributed by atoms with Crippen molar-refractivity contribution in [2.24, 2.45) is 21.7 Å². The molecule has 0 amide bonds. The number of esters is 4. The van der Waals surface area contributed by atoms with Crippen molar-refractivity contribution >= 4 is 31.5 Å². The van der Waals surface area contributed by atoms with Gasteiger partial charge < -0.3 is 32.7 Å². The largest absolute Gasteiger partial charge is 0.462 e. The van der Waals surface area contributed by atoms with Crippen molar-refractivity contribution in [1.29, 1.82) is 0 Å². The van der Waals surface area contributed by atoms with Gasteiger partial charge in [0.25, 0.3) is 0 Å². The highest BCUT2D eigenvalue weighted by atomic mass is 31.2. The monoisotopic (exact) mass is 741 g/mol. The van der Waals surface area contributed by atoms with Gasteiger partial charge in [0.1, 0.15) is 18.5 Å². The van der Waals surface area contributed by atoms with Gasteiger partial charge in [-0.2, -0.15) is 0 Å². The minimum atomic E-state index is -4.03.